The second-order valence-electron chi connectivity index (χ2n) is 6.07. The summed E-state index contributed by atoms with van der Waals surface area (Å²) >= 11 is 1.94. The van der Waals surface area contributed by atoms with Crippen LogP contribution >= 0.6 is 11.8 Å². The number of hydrogen-bond donors (Lipinski definition) is 2. The lowest BCUT2D eigenvalue weighted by atomic mass is 10.1. The Kier molecular flexibility index (Phi) is 5.75. The number of carboxylic acid groups (broad SMARTS) is 1. The number of hydrogen-bond acceptors (Lipinski definition) is 4. The molecule has 0 radical (unpaired) electrons. The average Bonchev–Trinajstić information content (AvgIpc) is 2.73. The summed E-state index contributed by atoms with van der Waals surface area (Å²) in [5.41, 5.74) is 0. The maximum absolute atomic E-state index is 12.2. The Labute approximate surface area is 130 Å². The first-order chi connectivity index (χ1) is 9.98. The molecule has 2 saturated heterocycles. The standard InChI is InChI=1S/C14H25N3O3S/c1-14(4-2-9-21-14)11-15-13(20)17-6-3-5-16(7-8-17)10-12(18)19/h2-11H2,1H3,(H,15,20)(H,18,19). The van der Waals surface area contributed by atoms with Crippen LogP contribution in [-0.2, 0) is 4.79 Å². The number of aliphatic carboxylic acids is 1. The number of nitrogens with one attached hydrogen (secondary N) is 1. The van der Waals surface area contributed by atoms with Crippen molar-refractivity contribution in [1.29, 1.82) is 0 Å². The highest BCUT2D eigenvalue weighted by atomic mass is 32.2. The first-order valence-corrected chi connectivity index (χ1v) is 8.58. The van der Waals surface area contributed by atoms with Crippen molar-refractivity contribution in [2.24, 2.45) is 0 Å². The van der Waals surface area contributed by atoms with Gasteiger partial charge in [0.25, 0.3) is 0 Å². The Morgan fingerprint density at radius 2 is 2.05 bits per heavy atom. The lowest BCUT2D eigenvalue weighted by Crippen LogP contribution is -2.46. The molecule has 2 heterocycles. The zero-order chi connectivity index (χ0) is 15.3. The molecule has 21 heavy (non-hydrogen) atoms. The number of nitrogens with zero attached hydrogens (tertiary/aromatic N) is 2. The van der Waals surface area contributed by atoms with Crippen LogP contribution in [0.15, 0.2) is 0 Å². The Morgan fingerprint density at radius 1 is 1.24 bits per heavy atom. The summed E-state index contributed by atoms with van der Waals surface area (Å²) in [6, 6.07) is -0.0131. The molecular formula is C14H25N3O3S. The smallest absolute Gasteiger partial charge is 0.317 e. The normalized spacial score (nSPS) is 27.4. The third-order valence-corrected chi connectivity index (χ3v) is 5.69. The molecule has 1 unspecified atom stereocenters. The summed E-state index contributed by atoms with van der Waals surface area (Å²) in [5.74, 6) is 0.374. The topological polar surface area (TPSA) is 72.9 Å². The maximum atomic E-state index is 12.2. The summed E-state index contributed by atoms with van der Waals surface area (Å²) in [5, 5.41) is 11.9. The molecule has 2 aliphatic rings. The molecule has 120 valence electrons. The van der Waals surface area contributed by atoms with Gasteiger partial charge < -0.3 is 15.3 Å². The summed E-state index contributed by atoms with van der Waals surface area (Å²) in [4.78, 5) is 26.7. The Hall–Kier alpha value is -0.950. The van der Waals surface area contributed by atoms with Crippen molar-refractivity contribution in [1.82, 2.24) is 15.1 Å². The largest absolute Gasteiger partial charge is 0.480 e. The van der Waals surface area contributed by atoms with E-state index in [4.69, 9.17) is 5.11 Å². The highest BCUT2D eigenvalue weighted by Crippen LogP contribution is 2.36. The van der Waals surface area contributed by atoms with Crippen LogP contribution in [0.2, 0.25) is 0 Å². The summed E-state index contributed by atoms with van der Waals surface area (Å²) in [6.07, 6.45) is 3.21. The van der Waals surface area contributed by atoms with Crippen LogP contribution in [0.1, 0.15) is 26.2 Å². The van der Waals surface area contributed by atoms with Crippen LogP contribution in [0.25, 0.3) is 0 Å². The van der Waals surface area contributed by atoms with Crippen LogP contribution in [-0.4, -0.2) is 76.7 Å². The highest BCUT2D eigenvalue weighted by molar-refractivity contribution is 8.00. The van der Waals surface area contributed by atoms with Crippen LogP contribution < -0.4 is 5.32 Å². The zero-order valence-corrected chi connectivity index (χ0v) is 13.5. The summed E-state index contributed by atoms with van der Waals surface area (Å²) in [7, 11) is 0. The van der Waals surface area contributed by atoms with Crippen LogP contribution in [0, 0.1) is 0 Å². The van der Waals surface area contributed by atoms with Crippen molar-refractivity contribution in [2.45, 2.75) is 30.9 Å². The molecule has 7 heteroatoms. The van der Waals surface area contributed by atoms with E-state index in [1.54, 1.807) is 0 Å². The van der Waals surface area contributed by atoms with Gasteiger partial charge in [0.2, 0.25) is 0 Å². The SMILES string of the molecule is CC1(CNC(=O)N2CCCN(CC(=O)O)CC2)CCCS1. The lowest BCUT2D eigenvalue weighted by Gasteiger charge is -2.26. The van der Waals surface area contributed by atoms with Gasteiger partial charge in [-0.15, -0.1) is 0 Å². The monoisotopic (exact) mass is 315 g/mol. The number of rotatable bonds is 4. The molecule has 2 amide bonds. The highest BCUT2D eigenvalue weighted by Gasteiger charge is 2.30. The molecule has 0 aromatic carbocycles. The van der Waals surface area contributed by atoms with E-state index in [-0.39, 0.29) is 17.3 Å². The van der Waals surface area contributed by atoms with E-state index in [2.05, 4.69) is 12.2 Å². The van der Waals surface area contributed by atoms with Crippen molar-refractivity contribution in [3.8, 4) is 0 Å². The van der Waals surface area contributed by atoms with E-state index in [1.165, 1.54) is 12.2 Å². The van der Waals surface area contributed by atoms with Gasteiger partial charge in [0, 0.05) is 37.5 Å². The minimum atomic E-state index is -0.806. The molecule has 1 atom stereocenters. The third kappa shape index (κ3) is 5.07. The molecule has 0 aromatic rings. The van der Waals surface area contributed by atoms with Crippen molar-refractivity contribution < 1.29 is 14.7 Å². The minimum absolute atomic E-state index is 0.0131. The molecule has 0 aromatic heterocycles. The molecular weight excluding hydrogens is 290 g/mol. The molecule has 0 bridgehead atoms. The first kappa shape index (κ1) is 16.4. The van der Waals surface area contributed by atoms with Crippen molar-refractivity contribution in [2.75, 3.05) is 45.0 Å². The molecule has 2 fully saturated rings. The second-order valence-corrected chi connectivity index (χ2v) is 7.75. The van der Waals surface area contributed by atoms with Gasteiger partial charge in [-0.3, -0.25) is 9.69 Å². The van der Waals surface area contributed by atoms with Gasteiger partial charge in [0.1, 0.15) is 0 Å². The number of amides is 2. The van der Waals surface area contributed by atoms with Crippen LogP contribution in [0.5, 0.6) is 0 Å². The van der Waals surface area contributed by atoms with E-state index >= 15 is 0 Å². The quantitative estimate of drug-likeness (QED) is 0.812. The maximum Gasteiger partial charge on any atom is 0.317 e. The second kappa shape index (κ2) is 7.35. The van der Waals surface area contributed by atoms with Crippen LogP contribution in [0.4, 0.5) is 4.79 Å². The average molecular weight is 315 g/mol. The van der Waals surface area contributed by atoms with Crippen molar-refractivity contribution >= 4 is 23.8 Å². The lowest BCUT2D eigenvalue weighted by molar-refractivity contribution is -0.138. The minimum Gasteiger partial charge on any atom is -0.480 e. The van der Waals surface area contributed by atoms with E-state index < -0.39 is 5.97 Å². The van der Waals surface area contributed by atoms with E-state index in [0.29, 0.717) is 26.2 Å². The Morgan fingerprint density at radius 3 is 2.71 bits per heavy atom. The van der Waals surface area contributed by atoms with Crippen LogP contribution in [0.3, 0.4) is 0 Å². The van der Waals surface area contributed by atoms with Gasteiger partial charge in [0.15, 0.2) is 0 Å². The van der Waals surface area contributed by atoms with Crippen molar-refractivity contribution in [3.63, 3.8) is 0 Å². The number of thioether (sulfide) groups is 1. The number of carbonyl (C=O) groups excluding carboxylic acids is 1. The third-order valence-electron chi connectivity index (χ3n) is 4.15. The predicted octanol–water partition coefficient (Wildman–Crippen LogP) is 1.07. The van der Waals surface area contributed by atoms with E-state index in [0.717, 1.165) is 19.4 Å². The molecule has 0 saturated carbocycles. The number of urea groups is 1. The van der Waals surface area contributed by atoms with Gasteiger partial charge in [-0.2, -0.15) is 11.8 Å². The molecule has 2 aliphatic heterocycles. The molecule has 0 aliphatic carbocycles. The molecule has 0 spiro atoms. The number of carboxylic acids is 1. The van der Waals surface area contributed by atoms with Gasteiger partial charge in [0.05, 0.1) is 6.54 Å². The molecule has 2 rings (SSSR count). The summed E-state index contributed by atoms with van der Waals surface area (Å²) < 4.78 is 0.177. The van der Waals surface area contributed by atoms with E-state index in [1.807, 2.05) is 21.6 Å². The number of carbonyl (C=O) groups is 2. The van der Waals surface area contributed by atoms with Gasteiger partial charge >= 0.3 is 12.0 Å². The molecule has 6 nitrogen and oxygen atoms in total. The molecule has 2 N–H and O–H groups in total. The fraction of sp³-hybridized carbons (Fsp3) is 0.857. The summed E-state index contributed by atoms with van der Waals surface area (Å²) in [6.45, 7) is 5.65. The zero-order valence-electron chi connectivity index (χ0n) is 12.6. The Bertz CT molecular complexity index is 386. The fourth-order valence-corrected chi connectivity index (χ4v) is 4.12. The van der Waals surface area contributed by atoms with Gasteiger partial charge in [-0.05, 0) is 31.9 Å². The first-order valence-electron chi connectivity index (χ1n) is 7.59. The Balaban J connectivity index is 1.76. The fourth-order valence-electron chi connectivity index (χ4n) is 2.87. The van der Waals surface area contributed by atoms with Gasteiger partial charge in [-0.1, -0.05) is 0 Å². The van der Waals surface area contributed by atoms with E-state index in [9.17, 15) is 9.59 Å². The predicted molar refractivity (Wildman–Crippen MR) is 83.8 cm³/mol. The van der Waals surface area contributed by atoms with Crippen molar-refractivity contribution in [3.05, 3.63) is 0 Å². The van der Waals surface area contributed by atoms with Gasteiger partial charge in [-0.25, -0.2) is 4.79 Å².